The van der Waals surface area contributed by atoms with Crippen LogP contribution in [0.1, 0.15) is 56.6 Å². The fraction of sp³-hybridized carbons (Fsp3) is 0.333. The zero-order valence-corrected chi connectivity index (χ0v) is 27.2. The van der Waals surface area contributed by atoms with E-state index in [-0.39, 0.29) is 39.9 Å². The molecule has 0 aliphatic heterocycles. The number of carbonyl (C=O) groups is 2. The van der Waals surface area contributed by atoms with Crippen molar-refractivity contribution in [3.05, 3.63) is 76.9 Å². The minimum absolute atomic E-state index is 0.0169. The number of allylic oxidation sites excluding steroid dienone is 1. The molecular formula is C36H40O10. The number of hydrogen-bond acceptors (Lipinski definition) is 10. The Hall–Kier alpha value is -5.12. The molecule has 0 aromatic heterocycles. The van der Waals surface area contributed by atoms with Gasteiger partial charge in [0.1, 0.15) is 12.2 Å². The van der Waals surface area contributed by atoms with E-state index in [1.165, 1.54) is 34.5 Å². The number of methoxy groups -OCH3 is 4. The maximum atomic E-state index is 13.4. The lowest BCUT2D eigenvalue weighted by Crippen LogP contribution is -2.31. The molecule has 0 spiro atoms. The lowest BCUT2D eigenvalue weighted by Gasteiger charge is -2.38. The first-order chi connectivity index (χ1) is 22.0. The highest BCUT2D eigenvalue weighted by Crippen LogP contribution is 2.59. The van der Waals surface area contributed by atoms with Gasteiger partial charge in [-0.15, -0.1) is 0 Å². The Kier molecular flexibility index (Phi) is 10.5. The van der Waals surface area contributed by atoms with Crippen molar-refractivity contribution >= 4 is 18.0 Å². The van der Waals surface area contributed by atoms with Crippen molar-refractivity contribution in [1.29, 1.82) is 0 Å². The molecule has 1 aliphatic rings. The van der Waals surface area contributed by atoms with Gasteiger partial charge in [0.2, 0.25) is 11.5 Å². The number of aromatic hydroxyl groups is 2. The Morgan fingerprint density at radius 2 is 1.22 bits per heavy atom. The Balaban J connectivity index is 2.07. The van der Waals surface area contributed by atoms with E-state index in [1.807, 2.05) is 44.2 Å². The third-order valence-corrected chi connectivity index (χ3v) is 8.44. The quantitative estimate of drug-likeness (QED) is 0.189. The van der Waals surface area contributed by atoms with E-state index < -0.39 is 41.7 Å². The highest BCUT2D eigenvalue weighted by atomic mass is 16.6. The monoisotopic (exact) mass is 632 g/mol. The molecule has 0 unspecified atom stereocenters. The second-order valence-electron chi connectivity index (χ2n) is 11.0. The predicted molar refractivity (Wildman–Crippen MR) is 172 cm³/mol. The van der Waals surface area contributed by atoms with Gasteiger partial charge in [-0.3, -0.25) is 0 Å². The zero-order chi connectivity index (χ0) is 33.7. The van der Waals surface area contributed by atoms with Gasteiger partial charge in [0.05, 0.1) is 28.4 Å². The number of ether oxygens (including phenoxy) is 6. The van der Waals surface area contributed by atoms with Crippen molar-refractivity contribution in [3.8, 4) is 45.6 Å². The van der Waals surface area contributed by atoms with Gasteiger partial charge in [0, 0.05) is 45.7 Å². The summed E-state index contributed by atoms with van der Waals surface area (Å²) in [6.07, 6.45) is 2.56. The summed E-state index contributed by atoms with van der Waals surface area (Å²) >= 11 is 0. The number of phenolic OH excluding ortho intramolecular Hbond substituents is 2. The van der Waals surface area contributed by atoms with Gasteiger partial charge in [0.15, 0.2) is 23.0 Å². The van der Waals surface area contributed by atoms with Gasteiger partial charge >= 0.3 is 11.9 Å². The average molecular weight is 633 g/mol. The summed E-state index contributed by atoms with van der Waals surface area (Å²) in [5.74, 6) is -2.72. The van der Waals surface area contributed by atoms with Crippen LogP contribution in [-0.4, -0.2) is 50.6 Å². The van der Waals surface area contributed by atoms with Crippen LogP contribution in [0.3, 0.4) is 0 Å². The number of hydrogen-bond donors (Lipinski definition) is 2. The van der Waals surface area contributed by atoms with Gasteiger partial charge in [-0.2, -0.15) is 0 Å². The average Bonchev–Trinajstić information content (AvgIpc) is 3.07. The van der Waals surface area contributed by atoms with E-state index in [9.17, 15) is 19.8 Å². The van der Waals surface area contributed by atoms with E-state index >= 15 is 0 Å². The Morgan fingerprint density at radius 3 is 1.65 bits per heavy atom. The first kappa shape index (κ1) is 33.8. The molecule has 3 aromatic carbocycles. The van der Waals surface area contributed by atoms with Crippen LogP contribution in [0, 0.1) is 11.8 Å². The van der Waals surface area contributed by atoms with Crippen LogP contribution in [0.15, 0.2) is 60.2 Å². The third kappa shape index (κ3) is 6.33. The summed E-state index contributed by atoms with van der Waals surface area (Å²) in [6, 6.07) is 12.5. The SMILES string of the molecule is CC=C(C)C(=O)O[C@H]1c2cc(OC)c(OC)c(O)c2-c2c(cc(OC)c(OC)c2O)[C@H](OC(=O)C=Cc2ccccc2)[C@@H](C)[C@H]1C. The molecule has 10 nitrogen and oxygen atoms in total. The van der Waals surface area contributed by atoms with E-state index in [2.05, 4.69) is 0 Å². The fourth-order valence-corrected chi connectivity index (χ4v) is 5.64. The molecule has 244 valence electrons. The fourth-order valence-electron chi connectivity index (χ4n) is 5.64. The molecule has 3 aromatic rings. The smallest absolute Gasteiger partial charge is 0.333 e. The summed E-state index contributed by atoms with van der Waals surface area (Å²) in [6.45, 7) is 7.07. The zero-order valence-electron chi connectivity index (χ0n) is 27.2. The molecule has 4 atom stereocenters. The molecule has 10 heteroatoms. The second kappa shape index (κ2) is 14.3. The Labute approximate surface area is 268 Å². The first-order valence-electron chi connectivity index (χ1n) is 14.8. The number of benzene rings is 3. The van der Waals surface area contributed by atoms with Crippen molar-refractivity contribution in [2.45, 2.75) is 39.9 Å². The topological polar surface area (TPSA) is 130 Å². The summed E-state index contributed by atoms with van der Waals surface area (Å²) in [4.78, 5) is 26.6. The van der Waals surface area contributed by atoms with Crippen LogP contribution in [0.25, 0.3) is 17.2 Å². The Bertz CT molecular complexity index is 1660. The minimum atomic E-state index is -1.02. The summed E-state index contributed by atoms with van der Waals surface area (Å²) in [7, 11) is 5.56. The largest absolute Gasteiger partial charge is 0.504 e. The molecule has 0 fully saturated rings. The van der Waals surface area contributed by atoms with Gasteiger partial charge in [-0.05, 0) is 37.6 Å². The van der Waals surface area contributed by atoms with Crippen molar-refractivity contribution in [1.82, 2.24) is 0 Å². The third-order valence-electron chi connectivity index (χ3n) is 8.44. The van der Waals surface area contributed by atoms with Crippen molar-refractivity contribution in [2.24, 2.45) is 11.8 Å². The molecular weight excluding hydrogens is 592 g/mol. The molecule has 0 saturated carbocycles. The highest BCUT2D eigenvalue weighted by Gasteiger charge is 2.43. The predicted octanol–water partition coefficient (Wildman–Crippen LogP) is 6.93. The summed E-state index contributed by atoms with van der Waals surface area (Å²) in [5.41, 5.74) is 2.00. The normalized spacial score (nSPS) is 19.3. The minimum Gasteiger partial charge on any atom is -0.504 e. The van der Waals surface area contributed by atoms with Crippen molar-refractivity contribution in [2.75, 3.05) is 28.4 Å². The van der Waals surface area contributed by atoms with Crippen molar-refractivity contribution < 1.29 is 48.2 Å². The standard InChI is InChI=1S/C36H40O10/c1-9-19(2)36(40)46-33-21(4)20(3)32(45-27(37)16-15-22-13-11-10-12-14-22)23-17-25(41-5)34(43-7)30(38)28(23)29-24(33)18-26(42-6)35(44-8)31(29)39/h9-18,20-21,32-33,38-39H,1-8H3/t20-,21+,32+,33+/m0/s1. The second-order valence-corrected chi connectivity index (χ2v) is 11.0. The molecule has 2 N–H and O–H groups in total. The van der Waals surface area contributed by atoms with Gasteiger partial charge in [-0.25, -0.2) is 9.59 Å². The first-order valence-corrected chi connectivity index (χ1v) is 14.8. The van der Waals surface area contributed by atoms with Crippen LogP contribution in [0.5, 0.6) is 34.5 Å². The van der Waals surface area contributed by atoms with Crippen LogP contribution in [0.2, 0.25) is 0 Å². The molecule has 0 saturated heterocycles. The van der Waals surface area contributed by atoms with E-state index in [0.717, 1.165) is 5.56 Å². The molecule has 1 aliphatic carbocycles. The van der Waals surface area contributed by atoms with E-state index in [1.54, 1.807) is 38.1 Å². The molecule has 46 heavy (non-hydrogen) atoms. The van der Waals surface area contributed by atoms with Crippen molar-refractivity contribution in [3.63, 3.8) is 0 Å². The van der Waals surface area contributed by atoms with Gasteiger partial charge < -0.3 is 38.6 Å². The molecule has 0 heterocycles. The van der Waals surface area contributed by atoms with E-state index in [0.29, 0.717) is 16.7 Å². The Morgan fingerprint density at radius 1 is 0.739 bits per heavy atom. The lowest BCUT2D eigenvalue weighted by molar-refractivity contribution is -0.155. The molecule has 0 amide bonds. The van der Waals surface area contributed by atoms with Gasteiger partial charge in [0.25, 0.3) is 0 Å². The number of esters is 2. The van der Waals surface area contributed by atoms with Crippen LogP contribution >= 0.6 is 0 Å². The number of fused-ring (bicyclic) bond motifs is 3. The van der Waals surface area contributed by atoms with E-state index in [4.69, 9.17) is 28.4 Å². The number of carbonyl (C=O) groups excluding carboxylic acids is 2. The molecule has 4 rings (SSSR count). The maximum absolute atomic E-state index is 13.4. The van der Waals surface area contributed by atoms with Gasteiger partial charge in [-0.1, -0.05) is 50.3 Å². The van der Waals surface area contributed by atoms with Crippen LogP contribution in [-0.2, 0) is 19.1 Å². The lowest BCUT2D eigenvalue weighted by atomic mass is 9.74. The molecule has 0 bridgehead atoms. The number of phenols is 2. The maximum Gasteiger partial charge on any atom is 0.333 e. The van der Waals surface area contributed by atoms with Crippen LogP contribution in [0.4, 0.5) is 0 Å². The summed E-state index contributed by atoms with van der Waals surface area (Å²) < 4.78 is 34.4. The number of rotatable bonds is 9. The summed E-state index contributed by atoms with van der Waals surface area (Å²) in [5, 5.41) is 23.6. The highest BCUT2D eigenvalue weighted by molar-refractivity contribution is 5.91. The molecule has 0 radical (unpaired) electrons. The van der Waals surface area contributed by atoms with Crippen LogP contribution < -0.4 is 18.9 Å².